The van der Waals surface area contributed by atoms with Crippen molar-refractivity contribution in [3.8, 4) is 5.75 Å². The summed E-state index contributed by atoms with van der Waals surface area (Å²) in [5, 5.41) is 5.15. The van der Waals surface area contributed by atoms with Crippen LogP contribution in [0.5, 0.6) is 5.75 Å². The van der Waals surface area contributed by atoms with Gasteiger partial charge in [-0.15, -0.1) is 0 Å². The average Bonchev–Trinajstić information content (AvgIpc) is 2.71. The second-order valence-electron chi connectivity index (χ2n) is 6.00. The molecule has 156 valence electrons. The zero-order valence-electron chi connectivity index (χ0n) is 15.8. The normalized spacial score (nSPS) is 11.0. The summed E-state index contributed by atoms with van der Waals surface area (Å²) < 4.78 is 32.4. The molecular weight excluding hydrogens is 462 g/mol. The first-order chi connectivity index (χ1) is 13.8. The molecule has 0 radical (unpaired) electrons. The number of hydrogen-bond donors (Lipinski definition) is 3. The van der Waals surface area contributed by atoms with Gasteiger partial charge in [0.2, 0.25) is 21.8 Å². The fourth-order valence-corrected chi connectivity index (χ4v) is 3.57. The number of carbonyl (C=O) groups is 2. The number of hydrogen-bond acceptors (Lipinski definition) is 5. The van der Waals surface area contributed by atoms with Gasteiger partial charge >= 0.3 is 0 Å². The summed E-state index contributed by atoms with van der Waals surface area (Å²) in [6.07, 6.45) is -0.0818. The molecule has 0 aliphatic heterocycles. The maximum absolute atomic E-state index is 12.1. The highest BCUT2D eigenvalue weighted by atomic mass is 79.9. The molecule has 3 N–H and O–H groups in total. The first-order valence-corrected chi connectivity index (χ1v) is 11.0. The Morgan fingerprint density at radius 3 is 2.24 bits per heavy atom. The molecule has 8 nitrogen and oxygen atoms in total. The van der Waals surface area contributed by atoms with Gasteiger partial charge in [-0.05, 0) is 42.0 Å². The van der Waals surface area contributed by atoms with E-state index in [1.807, 2.05) is 12.1 Å². The zero-order chi connectivity index (χ0) is 21.3. The highest BCUT2D eigenvalue weighted by molar-refractivity contribution is 9.10. The SMILES string of the molecule is COc1ccc(CNC(=O)CNC(=O)CCNS(=O)(=O)c2ccc(Br)cc2)cc1. The van der Waals surface area contributed by atoms with E-state index >= 15 is 0 Å². The van der Waals surface area contributed by atoms with Crippen molar-refractivity contribution in [2.75, 3.05) is 20.2 Å². The van der Waals surface area contributed by atoms with Gasteiger partial charge in [-0.2, -0.15) is 0 Å². The number of methoxy groups -OCH3 is 1. The molecular formula is C19H22BrN3O5S. The van der Waals surface area contributed by atoms with E-state index in [2.05, 4.69) is 31.3 Å². The molecule has 10 heteroatoms. The number of nitrogens with one attached hydrogen (secondary N) is 3. The first-order valence-electron chi connectivity index (χ1n) is 8.72. The van der Waals surface area contributed by atoms with Crippen molar-refractivity contribution in [1.82, 2.24) is 15.4 Å². The highest BCUT2D eigenvalue weighted by Gasteiger charge is 2.14. The summed E-state index contributed by atoms with van der Waals surface area (Å²) >= 11 is 3.24. The summed E-state index contributed by atoms with van der Waals surface area (Å²) in [4.78, 5) is 23.7. The van der Waals surface area contributed by atoms with Crippen LogP contribution in [0.2, 0.25) is 0 Å². The second kappa shape index (κ2) is 10.9. The molecule has 0 unspecified atom stereocenters. The lowest BCUT2D eigenvalue weighted by molar-refractivity contribution is -0.126. The number of ether oxygens (including phenoxy) is 1. The van der Waals surface area contributed by atoms with Gasteiger partial charge in [-0.1, -0.05) is 28.1 Å². The van der Waals surface area contributed by atoms with Crippen molar-refractivity contribution in [2.24, 2.45) is 0 Å². The molecule has 0 fully saturated rings. The van der Waals surface area contributed by atoms with E-state index in [1.165, 1.54) is 12.1 Å². The van der Waals surface area contributed by atoms with Crippen LogP contribution in [0.1, 0.15) is 12.0 Å². The van der Waals surface area contributed by atoms with Crippen molar-refractivity contribution in [3.05, 3.63) is 58.6 Å². The number of benzene rings is 2. The van der Waals surface area contributed by atoms with Crippen molar-refractivity contribution in [1.29, 1.82) is 0 Å². The molecule has 2 rings (SSSR count). The quantitative estimate of drug-likeness (QED) is 0.474. The van der Waals surface area contributed by atoms with Gasteiger partial charge in [-0.3, -0.25) is 9.59 Å². The highest BCUT2D eigenvalue weighted by Crippen LogP contribution is 2.14. The molecule has 0 saturated carbocycles. The monoisotopic (exact) mass is 483 g/mol. The van der Waals surface area contributed by atoms with Crippen LogP contribution in [-0.2, 0) is 26.2 Å². The molecule has 0 aliphatic carbocycles. The van der Waals surface area contributed by atoms with E-state index in [0.29, 0.717) is 6.54 Å². The van der Waals surface area contributed by atoms with Gasteiger partial charge in [0.15, 0.2) is 0 Å². The zero-order valence-corrected chi connectivity index (χ0v) is 18.2. The number of amides is 2. The fourth-order valence-electron chi connectivity index (χ4n) is 2.27. The lowest BCUT2D eigenvalue weighted by Crippen LogP contribution is -2.38. The molecule has 2 amide bonds. The molecule has 0 heterocycles. The van der Waals surface area contributed by atoms with E-state index in [4.69, 9.17) is 4.74 Å². The molecule has 0 spiro atoms. The average molecular weight is 484 g/mol. The Balaban J connectivity index is 1.67. The van der Waals surface area contributed by atoms with Gasteiger partial charge in [0.1, 0.15) is 5.75 Å². The van der Waals surface area contributed by atoms with Gasteiger partial charge < -0.3 is 15.4 Å². The summed E-state index contributed by atoms with van der Waals surface area (Å²) in [5.74, 6) is -0.0455. The van der Waals surface area contributed by atoms with Crippen LogP contribution < -0.4 is 20.1 Å². The van der Waals surface area contributed by atoms with Gasteiger partial charge in [-0.25, -0.2) is 13.1 Å². The van der Waals surface area contributed by atoms with Crippen molar-refractivity contribution in [3.63, 3.8) is 0 Å². The molecule has 0 aliphatic rings. The number of carbonyl (C=O) groups excluding carboxylic acids is 2. The summed E-state index contributed by atoms with van der Waals surface area (Å²) in [6.45, 7) is 0.0673. The van der Waals surface area contributed by atoms with E-state index < -0.39 is 15.9 Å². The second-order valence-corrected chi connectivity index (χ2v) is 8.69. The molecule has 0 aromatic heterocycles. The number of sulfonamides is 1. The van der Waals surface area contributed by atoms with Crippen LogP contribution in [0.25, 0.3) is 0 Å². The van der Waals surface area contributed by atoms with E-state index in [-0.39, 0.29) is 30.3 Å². The third kappa shape index (κ3) is 7.84. The molecule has 2 aromatic rings. The smallest absolute Gasteiger partial charge is 0.240 e. The predicted octanol–water partition coefficient (Wildman–Crippen LogP) is 1.56. The van der Waals surface area contributed by atoms with Crippen molar-refractivity contribution >= 4 is 37.8 Å². The third-order valence-corrected chi connectivity index (χ3v) is 5.87. The van der Waals surface area contributed by atoms with Gasteiger partial charge in [0.25, 0.3) is 0 Å². The lowest BCUT2D eigenvalue weighted by atomic mass is 10.2. The summed E-state index contributed by atoms with van der Waals surface area (Å²) in [6, 6.07) is 13.4. The Hall–Kier alpha value is -2.43. The van der Waals surface area contributed by atoms with Crippen LogP contribution in [0.3, 0.4) is 0 Å². The maximum Gasteiger partial charge on any atom is 0.240 e. The molecule has 2 aromatic carbocycles. The summed E-state index contributed by atoms with van der Waals surface area (Å²) in [5.41, 5.74) is 0.896. The Labute approximate surface area is 178 Å². The Bertz CT molecular complexity index is 931. The number of halogens is 1. The van der Waals surface area contributed by atoms with Crippen LogP contribution in [0.4, 0.5) is 0 Å². The fraction of sp³-hybridized carbons (Fsp3) is 0.263. The van der Waals surface area contributed by atoms with Gasteiger partial charge in [0.05, 0.1) is 18.6 Å². The topological polar surface area (TPSA) is 114 Å². The van der Waals surface area contributed by atoms with Crippen LogP contribution >= 0.6 is 15.9 Å². The third-order valence-electron chi connectivity index (χ3n) is 3.86. The molecule has 0 atom stereocenters. The minimum atomic E-state index is -3.69. The molecule has 0 bridgehead atoms. The van der Waals surface area contributed by atoms with Crippen molar-refractivity contribution in [2.45, 2.75) is 17.9 Å². The van der Waals surface area contributed by atoms with E-state index in [1.54, 1.807) is 31.4 Å². The maximum atomic E-state index is 12.1. The largest absolute Gasteiger partial charge is 0.497 e. The van der Waals surface area contributed by atoms with Crippen LogP contribution in [0, 0.1) is 0 Å². The first kappa shape index (κ1) is 22.9. The predicted molar refractivity (Wildman–Crippen MR) is 112 cm³/mol. The minimum Gasteiger partial charge on any atom is -0.497 e. The van der Waals surface area contributed by atoms with Crippen LogP contribution in [0.15, 0.2) is 57.9 Å². The standard InChI is InChI=1S/C19H22BrN3O5S/c1-28-16-6-2-14(3-7-16)12-21-19(25)13-22-18(24)10-11-23-29(26,27)17-8-4-15(20)5-9-17/h2-9,23H,10-13H2,1H3,(H,21,25)(H,22,24). The molecule has 0 saturated heterocycles. The van der Waals surface area contributed by atoms with E-state index in [0.717, 1.165) is 15.8 Å². The number of rotatable bonds is 10. The van der Waals surface area contributed by atoms with Crippen LogP contribution in [-0.4, -0.2) is 40.4 Å². The molecule has 29 heavy (non-hydrogen) atoms. The van der Waals surface area contributed by atoms with E-state index in [9.17, 15) is 18.0 Å². The van der Waals surface area contributed by atoms with Gasteiger partial charge in [0, 0.05) is 24.0 Å². The Kier molecular flexibility index (Phi) is 8.62. The van der Waals surface area contributed by atoms with Crippen molar-refractivity contribution < 1.29 is 22.7 Å². The summed E-state index contributed by atoms with van der Waals surface area (Å²) in [7, 11) is -2.11. The minimum absolute atomic E-state index is 0.0717. The Morgan fingerprint density at radius 1 is 0.966 bits per heavy atom. The Morgan fingerprint density at radius 2 is 1.62 bits per heavy atom. The lowest BCUT2D eigenvalue weighted by Gasteiger charge is -2.09.